The number of methoxy groups -OCH3 is 2. The van der Waals surface area contributed by atoms with Crippen molar-refractivity contribution >= 4 is 34.1 Å². The van der Waals surface area contributed by atoms with E-state index in [9.17, 15) is 9.59 Å². The molecule has 1 heterocycles. The summed E-state index contributed by atoms with van der Waals surface area (Å²) < 4.78 is 10.5. The largest absolute Gasteiger partial charge is 0.493 e. The number of ether oxygens (including phenoxy) is 2. The quantitative estimate of drug-likeness (QED) is 0.490. The van der Waals surface area contributed by atoms with Gasteiger partial charge in [-0.05, 0) is 48.7 Å². The van der Waals surface area contributed by atoms with E-state index in [2.05, 4.69) is 20.9 Å². The van der Waals surface area contributed by atoms with Crippen molar-refractivity contribution in [2.45, 2.75) is 13.3 Å². The number of hydrogen-bond acceptors (Lipinski definition) is 6. The number of aromatic nitrogens is 1. The summed E-state index contributed by atoms with van der Waals surface area (Å²) in [6, 6.07) is 12.7. The Labute approximate surface area is 184 Å². The topological polar surface area (TPSA) is 102 Å². The maximum Gasteiger partial charge on any atom is 0.325 e. The van der Waals surface area contributed by atoms with E-state index < -0.39 is 6.03 Å². The zero-order chi connectivity index (χ0) is 22.2. The van der Waals surface area contributed by atoms with Crippen LogP contribution in [0.2, 0.25) is 0 Å². The van der Waals surface area contributed by atoms with E-state index in [0.717, 1.165) is 11.1 Å². The Morgan fingerprint density at radius 2 is 1.84 bits per heavy atom. The van der Waals surface area contributed by atoms with E-state index in [-0.39, 0.29) is 11.6 Å². The molecule has 3 amide bonds. The molecule has 0 aliphatic carbocycles. The Kier molecular flexibility index (Phi) is 7.45. The van der Waals surface area contributed by atoms with Crippen LogP contribution in [0.25, 0.3) is 0 Å². The van der Waals surface area contributed by atoms with E-state index in [0.29, 0.717) is 35.3 Å². The number of nitrogens with zero attached hydrogens (tertiary/aromatic N) is 1. The van der Waals surface area contributed by atoms with Crippen LogP contribution in [0, 0.1) is 6.92 Å². The van der Waals surface area contributed by atoms with Crippen LogP contribution in [0.4, 0.5) is 15.6 Å². The molecule has 162 valence electrons. The van der Waals surface area contributed by atoms with Crippen LogP contribution < -0.4 is 25.4 Å². The second-order valence-corrected chi connectivity index (χ2v) is 7.54. The summed E-state index contributed by atoms with van der Waals surface area (Å²) in [4.78, 5) is 28.7. The number of amides is 3. The minimum atomic E-state index is -0.416. The molecule has 0 aliphatic heterocycles. The van der Waals surface area contributed by atoms with Gasteiger partial charge < -0.3 is 20.1 Å². The number of nitrogens with one attached hydrogen (secondary N) is 3. The highest BCUT2D eigenvalue weighted by Crippen LogP contribution is 2.27. The molecule has 0 saturated carbocycles. The molecule has 0 atom stereocenters. The number of urea groups is 1. The van der Waals surface area contributed by atoms with Crippen molar-refractivity contribution in [3.63, 3.8) is 0 Å². The van der Waals surface area contributed by atoms with Crippen LogP contribution >= 0.6 is 11.3 Å². The first kappa shape index (κ1) is 22.1. The molecule has 1 aromatic heterocycles. The smallest absolute Gasteiger partial charge is 0.325 e. The number of benzene rings is 2. The van der Waals surface area contributed by atoms with E-state index in [1.165, 1.54) is 11.3 Å². The van der Waals surface area contributed by atoms with Crippen LogP contribution in [0.5, 0.6) is 11.5 Å². The van der Waals surface area contributed by atoms with Gasteiger partial charge in [0.15, 0.2) is 16.6 Å². The van der Waals surface area contributed by atoms with Crippen LogP contribution in [0.15, 0.2) is 47.8 Å². The summed E-state index contributed by atoms with van der Waals surface area (Å²) in [6.07, 6.45) is 0.625. The third-order valence-electron chi connectivity index (χ3n) is 4.38. The number of aryl methyl sites for hydroxylation is 1. The van der Waals surface area contributed by atoms with Crippen LogP contribution in [0.3, 0.4) is 0 Å². The molecule has 0 aliphatic rings. The molecule has 3 rings (SSSR count). The lowest BCUT2D eigenvalue weighted by Gasteiger charge is -2.09. The molecule has 0 saturated heterocycles. The van der Waals surface area contributed by atoms with Crippen molar-refractivity contribution in [2.24, 2.45) is 0 Å². The van der Waals surface area contributed by atoms with E-state index in [1.807, 2.05) is 43.3 Å². The van der Waals surface area contributed by atoms with Crippen molar-refractivity contribution in [1.82, 2.24) is 10.3 Å². The molecular formula is C22H24N4O4S. The Morgan fingerprint density at radius 1 is 1.03 bits per heavy atom. The molecule has 0 bridgehead atoms. The summed E-state index contributed by atoms with van der Waals surface area (Å²) >= 11 is 1.18. The lowest BCUT2D eigenvalue weighted by molar-refractivity contribution is 0.0950. The van der Waals surface area contributed by atoms with E-state index in [1.54, 1.807) is 25.7 Å². The van der Waals surface area contributed by atoms with Crippen molar-refractivity contribution < 1.29 is 19.1 Å². The zero-order valence-corrected chi connectivity index (χ0v) is 18.3. The summed E-state index contributed by atoms with van der Waals surface area (Å²) in [7, 11) is 3.17. The molecule has 8 nitrogen and oxygen atoms in total. The lowest BCUT2D eigenvalue weighted by Crippen LogP contribution is -2.26. The predicted molar refractivity (Wildman–Crippen MR) is 122 cm³/mol. The first-order valence-corrected chi connectivity index (χ1v) is 10.5. The van der Waals surface area contributed by atoms with Gasteiger partial charge in [-0.25, -0.2) is 9.78 Å². The van der Waals surface area contributed by atoms with Crippen molar-refractivity contribution in [2.75, 3.05) is 31.4 Å². The van der Waals surface area contributed by atoms with Crippen molar-refractivity contribution in [3.8, 4) is 11.5 Å². The molecule has 2 aromatic carbocycles. The standard InChI is InChI=1S/C22H24N4O4S/c1-14-5-4-6-16(11-14)24-21(28)26-22-25-17(13-31-22)20(27)23-10-9-15-7-8-18(29-2)19(12-15)30-3/h4-8,11-13H,9-10H2,1-3H3,(H,23,27)(H2,24,25,26,28). The van der Waals surface area contributed by atoms with Gasteiger partial charge >= 0.3 is 6.03 Å². The second kappa shape index (κ2) is 10.4. The molecule has 0 spiro atoms. The molecule has 3 N–H and O–H groups in total. The van der Waals surface area contributed by atoms with E-state index >= 15 is 0 Å². The molecular weight excluding hydrogens is 416 g/mol. The monoisotopic (exact) mass is 440 g/mol. The maximum absolute atomic E-state index is 12.3. The third kappa shape index (κ3) is 6.19. The summed E-state index contributed by atoms with van der Waals surface area (Å²) in [5, 5.41) is 10.2. The predicted octanol–water partition coefficient (Wildman–Crippen LogP) is 4.09. The average molecular weight is 441 g/mol. The van der Waals surface area contributed by atoms with Crippen molar-refractivity contribution in [3.05, 3.63) is 64.7 Å². The molecule has 31 heavy (non-hydrogen) atoms. The van der Waals surface area contributed by atoms with Gasteiger partial charge in [0.2, 0.25) is 0 Å². The highest BCUT2D eigenvalue weighted by atomic mass is 32.1. The van der Waals surface area contributed by atoms with Crippen LogP contribution in [0.1, 0.15) is 21.6 Å². The Bertz CT molecular complexity index is 1070. The fourth-order valence-corrected chi connectivity index (χ4v) is 3.55. The number of carbonyl (C=O) groups excluding carboxylic acids is 2. The number of hydrogen-bond donors (Lipinski definition) is 3. The number of thiazole rings is 1. The van der Waals surface area contributed by atoms with Gasteiger partial charge in [-0.1, -0.05) is 18.2 Å². The van der Waals surface area contributed by atoms with Crippen molar-refractivity contribution in [1.29, 1.82) is 0 Å². The van der Waals surface area contributed by atoms with Crippen LogP contribution in [-0.2, 0) is 6.42 Å². The second-order valence-electron chi connectivity index (χ2n) is 6.68. The Morgan fingerprint density at radius 3 is 2.58 bits per heavy atom. The van der Waals surface area contributed by atoms with Gasteiger partial charge in [0.05, 0.1) is 14.2 Å². The number of rotatable bonds is 8. The summed E-state index contributed by atoms with van der Waals surface area (Å²) in [5.74, 6) is 0.999. The van der Waals surface area contributed by atoms with Gasteiger partial charge in [-0.2, -0.15) is 0 Å². The first-order chi connectivity index (χ1) is 15.0. The van der Waals surface area contributed by atoms with Gasteiger partial charge in [-0.15, -0.1) is 11.3 Å². The summed E-state index contributed by atoms with van der Waals surface area (Å²) in [5.41, 5.74) is 2.98. The molecule has 0 fully saturated rings. The maximum atomic E-state index is 12.3. The molecule has 9 heteroatoms. The first-order valence-electron chi connectivity index (χ1n) is 9.58. The SMILES string of the molecule is COc1ccc(CCNC(=O)c2csc(NC(=O)Nc3cccc(C)c3)n2)cc1OC. The van der Waals surface area contributed by atoms with Gasteiger partial charge in [0, 0.05) is 17.6 Å². The number of anilines is 2. The Hall–Kier alpha value is -3.59. The molecule has 0 radical (unpaired) electrons. The highest BCUT2D eigenvalue weighted by molar-refractivity contribution is 7.14. The fourth-order valence-electron chi connectivity index (χ4n) is 2.86. The lowest BCUT2D eigenvalue weighted by atomic mass is 10.1. The van der Waals surface area contributed by atoms with E-state index in [4.69, 9.17) is 9.47 Å². The Balaban J connectivity index is 1.49. The molecule has 0 unspecified atom stereocenters. The van der Waals surface area contributed by atoms with Gasteiger partial charge in [-0.3, -0.25) is 10.1 Å². The minimum absolute atomic E-state index is 0.253. The van der Waals surface area contributed by atoms with Gasteiger partial charge in [0.1, 0.15) is 5.69 Å². The number of carbonyl (C=O) groups is 2. The highest BCUT2D eigenvalue weighted by Gasteiger charge is 2.13. The fraction of sp³-hybridized carbons (Fsp3) is 0.227. The molecule has 3 aromatic rings. The summed E-state index contributed by atoms with van der Waals surface area (Å²) in [6.45, 7) is 2.38. The normalized spacial score (nSPS) is 10.3. The zero-order valence-electron chi connectivity index (χ0n) is 17.5. The average Bonchev–Trinajstić information content (AvgIpc) is 3.22. The third-order valence-corrected chi connectivity index (χ3v) is 5.14. The van der Waals surface area contributed by atoms with Crippen LogP contribution in [-0.4, -0.2) is 37.7 Å². The van der Waals surface area contributed by atoms with Gasteiger partial charge in [0.25, 0.3) is 5.91 Å². The minimum Gasteiger partial charge on any atom is -0.493 e.